The molecule has 1 aromatic carbocycles. The SMILES string of the molecule is CSC(C)C(Nc1cc(Cl)nc(-n2ccnc2)n1)C(=O)NCOOc1cccc(C)c1. The number of aromatic nitrogens is 4. The van der Waals surface area contributed by atoms with Crippen molar-refractivity contribution in [1.82, 2.24) is 24.8 Å². The molecule has 164 valence electrons. The number of amides is 1. The van der Waals surface area contributed by atoms with Gasteiger partial charge in [-0.15, -0.1) is 0 Å². The Balaban J connectivity index is 1.62. The molecule has 0 radical (unpaired) electrons. The van der Waals surface area contributed by atoms with Gasteiger partial charge in [-0.05, 0) is 30.9 Å². The normalized spacial score (nSPS) is 12.8. The zero-order chi connectivity index (χ0) is 22.2. The Labute approximate surface area is 189 Å². The number of nitrogens with zero attached hydrogens (tertiary/aromatic N) is 4. The van der Waals surface area contributed by atoms with Crippen LogP contribution in [0.4, 0.5) is 5.82 Å². The predicted molar refractivity (Wildman–Crippen MR) is 120 cm³/mol. The standard InChI is InChI=1S/C20H23ClN6O3S/c1-13-5-4-6-15(9-13)30-29-12-23-19(28)18(14(2)31-3)25-17-10-16(21)24-20(26-17)27-8-7-22-11-27/h4-11,14,18H,12H2,1-3H3,(H,23,28)(H,24,25,26). The summed E-state index contributed by atoms with van der Waals surface area (Å²) in [7, 11) is 0. The number of nitrogens with one attached hydrogen (secondary N) is 2. The van der Waals surface area contributed by atoms with E-state index in [1.54, 1.807) is 35.4 Å². The van der Waals surface area contributed by atoms with Crippen molar-refractivity contribution < 1.29 is 14.6 Å². The number of hydrogen-bond acceptors (Lipinski definition) is 8. The number of halogens is 1. The summed E-state index contributed by atoms with van der Waals surface area (Å²) in [4.78, 5) is 35.7. The van der Waals surface area contributed by atoms with Crippen molar-refractivity contribution in [2.24, 2.45) is 0 Å². The van der Waals surface area contributed by atoms with Gasteiger partial charge in [0, 0.05) is 23.7 Å². The number of thioether (sulfide) groups is 1. The summed E-state index contributed by atoms with van der Waals surface area (Å²) < 4.78 is 1.63. The van der Waals surface area contributed by atoms with Crippen LogP contribution in [0, 0.1) is 6.92 Å². The zero-order valence-corrected chi connectivity index (χ0v) is 18.9. The van der Waals surface area contributed by atoms with E-state index in [0.29, 0.717) is 17.5 Å². The molecule has 2 atom stereocenters. The summed E-state index contributed by atoms with van der Waals surface area (Å²) in [5, 5.41) is 6.02. The van der Waals surface area contributed by atoms with Gasteiger partial charge in [-0.3, -0.25) is 9.36 Å². The highest BCUT2D eigenvalue weighted by molar-refractivity contribution is 7.99. The maximum absolute atomic E-state index is 12.8. The molecule has 3 aromatic rings. The Morgan fingerprint density at radius 3 is 2.87 bits per heavy atom. The van der Waals surface area contributed by atoms with Gasteiger partial charge >= 0.3 is 0 Å². The first-order valence-corrected chi connectivity index (χ1v) is 11.1. The molecule has 2 unspecified atom stereocenters. The Bertz CT molecular complexity index is 1000. The third-order valence-electron chi connectivity index (χ3n) is 4.30. The molecule has 11 heteroatoms. The minimum absolute atomic E-state index is 0.0665. The Kier molecular flexibility index (Phi) is 8.10. The fraction of sp³-hybridized carbons (Fsp3) is 0.300. The molecule has 0 saturated heterocycles. The summed E-state index contributed by atoms with van der Waals surface area (Å²) in [6.07, 6.45) is 6.81. The van der Waals surface area contributed by atoms with Gasteiger partial charge in [-0.2, -0.15) is 21.6 Å². The van der Waals surface area contributed by atoms with E-state index in [0.717, 1.165) is 5.56 Å². The molecular weight excluding hydrogens is 440 g/mol. The van der Waals surface area contributed by atoms with Crippen LogP contribution in [0.2, 0.25) is 5.15 Å². The van der Waals surface area contributed by atoms with Gasteiger partial charge in [0.1, 0.15) is 23.3 Å². The fourth-order valence-corrected chi connectivity index (χ4v) is 3.28. The molecule has 9 nitrogen and oxygen atoms in total. The number of imidazole rings is 1. The third-order valence-corrected chi connectivity index (χ3v) is 5.50. The lowest BCUT2D eigenvalue weighted by molar-refractivity contribution is -0.212. The van der Waals surface area contributed by atoms with Gasteiger partial charge in [0.15, 0.2) is 12.5 Å². The topological polar surface area (TPSA) is 103 Å². The van der Waals surface area contributed by atoms with Crippen LogP contribution in [-0.4, -0.2) is 49.7 Å². The average Bonchev–Trinajstić information content (AvgIpc) is 3.29. The monoisotopic (exact) mass is 462 g/mol. The molecule has 3 rings (SSSR count). The fourth-order valence-electron chi connectivity index (χ4n) is 2.64. The van der Waals surface area contributed by atoms with Crippen LogP contribution < -0.4 is 15.5 Å². The minimum Gasteiger partial charge on any atom is -0.357 e. The van der Waals surface area contributed by atoms with Gasteiger partial charge in [0.2, 0.25) is 11.9 Å². The summed E-state index contributed by atoms with van der Waals surface area (Å²) >= 11 is 7.69. The molecule has 0 aliphatic carbocycles. The lowest BCUT2D eigenvalue weighted by Gasteiger charge is -2.23. The van der Waals surface area contributed by atoms with Gasteiger partial charge in [0.05, 0.1) is 0 Å². The Hall–Kier alpha value is -2.82. The lowest BCUT2D eigenvalue weighted by atomic mass is 10.2. The number of aryl methyl sites for hydroxylation is 1. The highest BCUT2D eigenvalue weighted by Crippen LogP contribution is 2.19. The van der Waals surface area contributed by atoms with Crippen molar-refractivity contribution in [3.63, 3.8) is 0 Å². The van der Waals surface area contributed by atoms with Crippen LogP contribution in [0.25, 0.3) is 5.95 Å². The van der Waals surface area contributed by atoms with E-state index < -0.39 is 6.04 Å². The van der Waals surface area contributed by atoms with Gasteiger partial charge in [-0.1, -0.05) is 30.7 Å². The first kappa shape index (κ1) is 22.9. The number of rotatable bonds is 10. The third kappa shape index (κ3) is 6.58. The van der Waals surface area contributed by atoms with Gasteiger partial charge < -0.3 is 15.5 Å². The molecule has 2 aromatic heterocycles. The average molecular weight is 463 g/mol. The van der Waals surface area contributed by atoms with E-state index in [1.165, 1.54) is 11.8 Å². The van der Waals surface area contributed by atoms with E-state index in [9.17, 15) is 4.79 Å². The second-order valence-corrected chi connectivity index (χ2v) is 8.21. The van der Waals surface area contributed by atoms with Gasteiger partial charge in [-0.25, -0.2) is 9.97 Å². The van der Waals surface area contributed by atoms with E-state index in [1.807, 2.05) is 38.3 Å². The smallest absolute Gasteiger partial charge is 0.245 e. The van der Waals surface area contributed by atoms with Crippen LogP contribution in [0.5, 0.6) is 5.75 Å². The zero-order valence-electron chi connectivity index (χ0n) is 17.3. The summed E-state index contributed by atoms with van der Waals surface area (Å²) in [5.74, 6) is 1.05. The van der Waals surface area contributed by atoms with Crippen molar-refractivity contribution in [2.45, 2.75) is 25.1 Å². The molecule has 31 heavy (non-hydrogen) atoms. The molecule has 0 spiro atoms. The lowest BCUT2D eigenvalue weighted by Crippen LogP contribution is -2.46. The van der Waals surface area contributed by atoms with Crippen LogP contribution >= 0.6 is 23.4 Å². The second kappa shape index (κ2) is 11.0. The molecule has 0 aliphatic rings. The molecule has 2 N–H and O–H groups in total. The number of benzene rings is 1. The first-order chi connectivity index (χ1) is 15.0. The van der Waals surface area contributed by atoms with Crippen molar-refractivity contribution in [2.75, 3.05) is 18.3 Å². The van der Waals surface area contributed by atoms with Crippen molar-refractivity contribution in [3.8, 4) is 11.7 Å². The number of anilines is 1. The van der Waals surface area contributed by atoms with E-state index >= 15 is 0 Å². The number of hydrogen-bond donors (Lipinski definition) is 2. The molecule has 1 amide bonds. The first-order valence-electron chi connectivity index (χ1n) is 9.42. The van der Waals surface area contributed by atoms with E-state index in [-0.39, 0.29) is 23.0 Å². The van der Waals surface area contributed by atoms with Crippen LogP contribution in [0.3, 0.4) is 0 Å². The molecule has 2 heterocycles. The Morgan fingerprint density at radius 2 is 2.16 bits per heavy atom. The summed E-state index contributed by atoms with van der Waals surface area (Å²) in [6, 6.07) is 8.38. The van der Waals surface area contributed by atoms with Crippen LogP contribution in [0.15, 0.2) is 49.1 Å². The van der Waals surface area contributed by atoms with E-state index in [2.05, 4.69) is 25.6 Å². The van der Waals surface area contributed by atoms with Crippen molar-refractivity contribution in [3.05, 3.63) is 59.8 Å². The number of carbonyl (C=O) groups excluding carboxylic acids is 1. The highest BCUT2D eigenvalue weighted by atomic mass is 35.5. The van der Waals surface area contributed by atoms with Crippen LogP contribution in [-0.2, 0) is 9.68 Å². The molecule has 0 saturated carbocycles. The van der Waals surface area contributed by atoms with Gasteiger partial charge in [0.25, 0.3) is 0 Å². The Morgan fingerprint density at radius 1 is 1.32 bits per heavy atom. The second-order valence-electron chi connectivity index (χ2n) is 6.61. The van der Waals surface area contributed by atoms with Crippen molar-refractivity contribution in [1.29, 1.82) is 0 Å². The van der Waals surface area contributed by atoms with E-state index in [4.69, 9.17) is 21.4 Å². The molecule has 0 fully saturated rings. The minimum atomic E-state index is -0.598. The predicted octanol–water partition coefficient (Wildman–Crippen LogP) is 3.24. The molecular formula is C20H23ClN6O3S. The largest absolute Gasteiger partial charge is 0.357 e. The summed E-state index contributed by atoms with van der Waals surface area (Å²) in [6.45, 7) is 3.77. The molecule has 0 bridgehead atoms. The number of carbonyl (C=O) groups is 1. The molecule has 0 aliphatic heterocycles. The van der Waals surface area contributed by atoms with Crippen molar-refractivity contribution >= 4 is 35.1 Å². The summed E-state index contributed by atoms with van der Waals surface area (Å²) in [5.41, 5.74) is 1.04. The highest BCUT2D eigenvalue weighted by Gasteiger charge is 2.25. The van der Waals surface area contributed by atoms with Crippen LogP contribution in [0.1, 0.15) is 12.5 Å². The quantitative estimate of drug-likeness (QED) is 0.156. The maximum atomic E-state index is 12.8. The maximum Gasteiger partial charge on any atom is 0.245 e.